The van der Waals surface area contributed by atoms with E-state index in [9.17, 15) is 10.1 Å². The number of aromatic nitrogens is 4. The number of nitriles is 1. The van der Waals surface area contributed by atoms with Crippen LogP contribution in [0.2, 0.25) is 0 Å². The molecule has 8 heteroatoms. The predicted octanol–water partition coefficient (Wildman–Crippen LogP) is 4.97. The van der Waals surface area contributed by atoms with E-state index in [1.165, 1.54) is 0 Å². The van der Waals surface area contributed by atoms with Gasteiger partial charge >= 0.3 is 0 Å². The maximum absolute atomic E-state index is 13.1. The van der Waals surface area contributed by atoms with Gasteiger partial charge in [-0.1, -0.05) is 54.2 Å². The molecule has 0 spiro atoms. The number of hydrogen-bond acceptors (Lipinski definition) is 6. The Morgan fingerprint density at radius 3 is 2.50 bits per heavy atom. The zero-order valence-corrected chi connectivity index (χ0v) is 20.5. The Kier molecular flexibility index (Phi) is 5.59. The number of ether oxygens (including phenoxy) is 1. The molecule has 0 radical (unpaired) electrons. The lowest BCUT2D eigenvalue weighted by molar-refractivity contribution is 0.0675. The fourth-order valence-corrected chi connectivity index (χ4v) is 5.80. The predicted molar refractivity (Wildman–Crippen MR) is 139 cm³/mol. The number of nitrogens with zero attached hydrogens (tertiary/aromatic N) is 5. The lowest BCUT2D eigenvalue weighted by atomic mass is 9.75. The van der Waals surface area contributed by atoms with E-state index in [2.05, 4.69) is 28.4 Å². The van der Waals surface area contributed by atoms with E-state index in [1.807, 2.05) is 65.1 Å². The number of fused-ring (bicyclic) bond motifs is 3. The Balaban J connectivity index is 1.43. The van der Waals surface area contributed by atoms with Gasteiger partial charge in [-0.05, 0) is 48.7 Å². The van der Waals surface area contributed by atoms with Crippen molar-refractivity contribution in [1.82, 2.24) is 19.2 Å². The second kappa shape index (κ2) is 8.94. The third kappa shape index (κ3) is 3.68. The standard InChI is InChI=1S/C28H23N5O2S/c1-32-24-17-22(36-21-9-5-8-20(16-21)28(18-29)12-14-35-15-13-28)10-11-23(24)33-25(19-6-3-2-4-7-19)30-31-26(33)27(32)34/h2-11,16-17H,12-15H2,1H3. The van der Waals surface area contributed by atoms with E-state index in [0.29, 0.717) is 37.5 Å². The van der Waals surface area contributed by atoms with Crippen molar-refractivity contribution in [2.24, 2.45) is 7.05 Å². The van der Waals surface area contributed by atoms with Gasteiger partial charge < -0.3 is 9.30 Å². The molecule has 2 aromatic heterocycles. The summed E-state index contributed by atoms with van der Waals surface area (Å²) in [6.45, 7) is 1.21. The van der Waals surface area contributed by atoms with Crippen molar-refractivity contribution in [3.8, 4) is 17.5 Å². The van der Waals surface area contributed by atoms with Crippen LogP contribution in [0.25, 0.3) is 28.1 Å². The molecule has 3 heterocycles. The molecule has 0 aliphatic carbocycles. The molecule has 1 fully saturated rings. The smallest absolute Gasteiger partial charge is 0.296 e. The summed E-state index contributed by atoms with van der Waals surface area (Å²) in [5, 5.41) is 18.5. The Bertz CT molecular complexity index is 1700. The summed E-state index contributed by atoms with van der Waals surface area (Å²) in [6.07, 6.45) is 1.41. The van der Waals surface area contributed by atoms with Gasteiger partial charge in [-0.3, -0.25) is 9.20 Å². The first-order valence-corrected chi connectivity index (χ1v) is 12.6. The van der Waals surface area contributed by atoms with Crippen LogP contribution in [0.4, 0.5) is 0 Å². The number of benzene rings is 3. The molecule has 0 bridgehead atoms. The molecule has 0 N–H and O–H groups in total. The zero-order chi connectivity index (χ0) is 24.7. The van der Waals surface area contributed by atoms with E-state index < -0.39 is 5.41 Å². The van der Waals surface area contributed by atoms with E-state index in [4.69, 9.17) is 4.74 Å². The van der Waals surface area contributed by atoms with Crippen molar-refractivity contribution in [1.29, 1.82) is 5.26 Å². The summed E-state index contributed by atoms with van der Waals surface area (Å²) in [6, 6.07) is 26.6. The molecule has 1 aliphatic heterocycles. The molecule has 7 nitrogen and oxygen atoms in total. The number of rotatable bonds is 4. The highest BCUT2D eigenvalue weighted by molar-refractivity contribution is 7.99. The summed E-state index contributed by atoms with van der Waals surface area (Å²) in [4.78, 5) is 15.2. The van der Waals surface area contributed by atoms with E-state index >= 15 is 0 Å². The third-order valence-corrected chi connectivity index (χ3v) is 7.90. The van der Waals surface area contributed by atoms with Gasteiger partial charge in [0, 0.05) is 35.6 Å². The van der Waals surface area contributed by atoms with Gasteiger partial charge in [0.2, 0.25) is 5.65 Å². The minimum Gasteiger partial charge on any atom is -0.381 e. The van der Waals surface area contributed by atoms with Crippen LogP contribution in [0.5, 0.6) is 0 Å². The van der Waals surface area contributed by atoms with Gasteiger partial charge in [0.15, 0.2) is 5.82 Å². The number of hydrogen-bond donors (Lipinski definition) is 0. The summed E-state index contributed by atoms with van der Waals surface area (Å²) in [5.74, 6) is 0.639. The molecule has 0 amide bonds. The van der Waals surface area contributed by atoms with Crippen LogP contribution < -0.4 is 5.56 Å². The van der Waals surface area contributed by atoms with E-state index in [0.717, 1.165) is 32.0 Å². The molecule has 36 heavy (non-hydrogen) atoms. The highest BCUT2D eigenvalue weighted by atomic mass is 32.2. The van der Waals surface area contributed by atoms with Crippen LogP contribution in [0.15, 0.2) is 87.4 Å². The van der Waals surface area contributed by atoms with Crippen LogP contribution in [-0.4, -0.2) is 32.4 Å². The van der Waals surface area contributed by atoms with Gasteiger partial charge in [0.25, 0.3) is 5.56 Å². The molecule has 6 rings (SSSR count). The average Bonchev–Trinajstić information content (AvgIpc) is 3.38. The van der Waals surface area contributed by atoms with Crippen LogP contribution in [0, 0.1) is 11.3 Å². The summed E-state index contributed by atoms with van der Waals surface area (Å²) in [5.41, 5.74) is 3.19. The van der Waals surface area contributed by atoms with Crippen LogP contribution in [0.1, 0.15) is 18.4 Å². The molecule has 1 aliphatic rings. The topological polar surface area (TPSA) is 85.2 Å². The maximum Gasteiger partial charge on any atom is 0.296 e. The van der Waals surface area contributed by atoms with Gasteiger partial charge in [-0.25, -0.2) is 0 Å². The Morgan fingerprint density at radius 1 is 0.944 bits per heavy atom. The first-order valence-electron chi connectivity index (χ1n) is 11.8. The van der Waals surface area contributed by atoms with Gasteiger partial charge in [0.05, 0.1) is 22.5 Å². The van der Waals surface area contributed by atoms with Crippen molar-refractivity contribution in [3.63, 3.8) is 0 Å². The van der Waals surface area contributed by atoms with Crippen molar-refractivity contribution in [3.05, 3.63) is 88.7 Å². The fraction of sp³-hybridized carbons (Fsp3) is 0.214. The molecule has 5 aromatic rings. The molecular formula is C28H23N5O2S. The Labute approximate surface area is 212 Å². The second-order valence-electron chi connectivity index (χ2n) is 9.00. The first-order chi connectivity index (χ1) is 17.6. The molecule has 3 aromatic carbocycles. The third-order valence-electron chi connectivity index (χ3n) is 6.92. The molecule has 0 unspecified atom stereocenters. The van der Waals surface area contributed by atoms with Crippen molar-refractivity contribution in [2.75, 3.05) is 13.2 Å². The summed E-state index contributed by atoms with van der Waals surface area (Å²) in [7, 11) is 1.76. The first kappa shape index (κ1) is 22.5. The largest absolute Gasteiger partial charge is 0.381 e. The van der Waals surface area contributed by atoms with Crippen molar-refractivity contribution in [2.45, 2.75) is 28.0 Å². The van der Waals surface area contributed by atoms with Crippen LogP contribution in [-0.2, 0) is 17.2 Å². The average molecular weight is 494 g/mol. The lowest BCUT2D eigenvalue weighted by Gasteiger charge is -2.31. The minimum absolute atomic E-state index is 0.197. The number of aryl methyl sites for hydroxylation is 1. The van der Waals surface area contributed by atoms with Crippen molar-refractivity contribution < 1.29 is 4.74 Å². The van der Waals surface area contributed by atoms with Gasteiger partial charge in [-0.2, -0.15) is 5.26 Å². The quantitative estimate of drug-likeness (QED) is 0.351. The molecule has 0 saturated carbocycles. The van der Waals surface area contributed by atoms with Gasteiger partial charge in [-0.15, -0.1) is 10.2 Å². The van der Waals surface area contributed by atoms with Crippen LogP contribution >= 0.6 is 11.8 Å². The summed E-state index contributed by atoms with van der Waals surface area (Å²) < 4.78 is 8.97. The van der Waals surface area contributed by atoms with Gasteiger partial charge in [0.1, 0.15) is 0 Å². The lowest BCUT2D eigenvalue weighted by Crippen LogP contribution is -2.32. The second-order valence-corrected chi connectivity index (χ2v) is 10.1. The minimum atomic E-state index is -0.504. The molecule has 0 atom stereocenters. The van der Waals surface area contributed by atoms with Crippen molar-refractivity contribution >= 4 is 28.4 Å². The SMILES string of the molecule is Cn1c(=O)c2nnc(-c3ccccc3)n2c2ccc(Sc3cccc(C4(C#N)CCOCC4)c3)cc21. The van der Waals surface area contributed by atoms with E-state index in [1.54, 1.807) is 23.4 Å². The molecule has 178 valence electrons. The normalized spacial score (nSPS) is 15.2. The Morgan fingerprint density at radius 2 is 1.72 bits per heavy atom. The summed E-state index contributed by atoms with van der Waals surface area (Å²) >= 11 is 1.62. The monoisotopic (exact) mass is 493 g/mol. The zero-order valence-electron chi connectivity index (χ0n) is 19.7. The Hall–Kier alpha value is -3.93. The fourth-order valence-electron chi connectivity index (χ4n) is 4.89. The molecular weight excluding hydrogens is 470 g/mol. The highest BCUT2D eigenvalue weighted by Crippen LogP contribution is 2.38. The van der Waals surface area contributed by atoms with E-state index in [-0.39, 0.29) is 5.56 Å². The van der Waals surface area contributed by atoms with Crippen LogP contribution in [0.3, 0.4) is 0 Å². The maximum atomic E-state index is 13.1. The highest BCUT2D eigenvalue weighted by Gasteiger charge is 2.34. The molecule has 1 saturated heterocycles.